The second-order valence-corrected chi connectivity index (χ2v) is 7.50. The SMILES string of the molecule is COc1cc(/C=C2/SC(=S)N(C)C2=O)ccc1OCc1ccccc1[N+](=O)[O-]. The number of thioether (sulfide) groups is 1. The van der Waals surface area contributed by atoms with Crippen molar-refractivity contribution in [1.29, 1.82) is 0 Å². The number of hydrogen-bond donors (Lipinski definition) is 0. The lowest BCUT2D eigenvalue weighted by atomic mass is 10.1. The molecule has 1 saturated heterocycles. The van der Waals surface area contributed by atoms with Crippen molar-refractivity contribution < 1.29 is 19.2 Å². The molecule has 0 spiro atoms. The predicted octanol–water partition coefficient (Wildman–Crippen LogP) is 4.01. The van der Waals surface area contributed by atoms with Crippen molar-refractivity contribution in [3.63, 3.8) is 0 Å². The van der Waals surface area contributed by atoms with E-state index in [2.05, 4.69) is 0 Å². The summed E-state index contributed by atoms with van der Waals surface area (Å²) in [4.78, 5) is 24.8. The Hall–Kier alpha value is -2.91. The number of thiocarbonyl (C=S) groups is 1. The number of ether oxygens (including phenoxy) is 2. The molecule has 0 aromatic heterocycles. The predicted molar refractivity (Wildman–Crippen MR) is 111 cm³/mol. The van der Waals surface area contributed by atoms with Crippen molar-refractivity contribution in [2.75, 3.05) is 14.2 Å². The summed E-state index contributed by atoms with van der Waals surface area (Å²) in [5.74, 6) is 0.755. The molecular weight excluding hydrogens is 400 g/mol. The zero-order valence-corrected chi connectivity index (χ0v) is 16.7. The number of hydrogen-bond acceptors (Lipinski definition) is 7. The maximum atomic E-state index is 12.1. The van der Waals surface area contributed by atoms with E-state index in [1.807, 2.05) is 0 Å². The first kappa shape index (κ1) is 19.8. The number of para-hydroxylation sites is 1. The van der Waals surface area contributed by atoms with Gasteiger partial charge in [-0.05, 0) is 29.8 Å². The molecule has 1 aliphatic heterocycles. The van der Waals surface area contributed by atoms with Crippen LogP contribution in [0.15, 0.2) is 47.4 Å². The molecular formula is C19H16N2O5S2. The van der Waals surface area contributed by atoms with Gasteiger partial charge in [-0.2, -0.15) is 0 Å². The molecule has 2 aromatic carbocycles. The number of likely N-dealkylation sites (N-methyl/N-ethyl adjacent to an activating group) is 1. The Bertz CT molecular complexity index is 990. The van der Waals surface area contributed by atoms with E-state index in [1.54, 1.807) is 49.5 Å². The Morgan fingerprint density at radius 3 is 2.64 bits per heavy atom. The lowest BCUT2D eigenvalue weighted by Gasteiger charge is -2.12. The fourth-order valence-electron chi connectivity index (χ4n) is 2.56. The second kappa shape index (κ2) is 8.41. The molecule has 7 nitrogen and oxygen atoms in total. The summed E-state index contributed by atoms with van der Waals surface area (Å²) in [6.07, 6.45) is 1.73. The smallest absolute Gasteiger partial charge is 0.276 e. The quantitative estimate of drug-likeness (QED) is 0.304. The van der Waals surface area contributed by atoms with E-state index in [-0.39, 0.29) is 18.2 Å². The van der Waals surface area contributed by atoms with Gasteiger partial charge in [0.15, 0.2) is 11.5 Å². The summed E-state index contributed by atoms with van der Waals surface area (Å²) in [5.41, 5.74) is 1.22. The zero-order chi connectivity index (χ0) is 20.3. The van der Waals surface area contributed by atoms with Gasteiger partial charge >= 0.3 is 0 Å². The molecule has 0 bridgehead atoms. The van der Waals surface area contributed by atoms with Gasteiger partial charge in [0.1, 0.15) is 10.9 Å². The van der Waals surface area contributed by atoms with Crippen LogP contribution in [0.5, 0.6) is 11.5 Å². The van der Waals surface area contributed by atoms with Crippen LogP contribution in [-0.4, -0.2) is 34.2 Å². The summed E-state index contributed by atoms with van der Waals surface area (Å²) >= 11 is 6.36. The Morgan fingerprint density at radius 2 is 2.00 bits per heavy atom. The van der Waals surface area contributed by atoms with Crippen LogP contribution in [0.3, 0.4) is 0 Å². The molecule has 0 saturated carbocycles. The number of methoxy groups -OCH3 is 1. The largest absolute Gasteiger partial charge is 0.493 e. The summed E-state index contributed by atoms with van der Waals surface area (Å²) in [7, 11) is 3.14. The lowest BCUT2D eigenvalue weighted by molar-refractivity contribution is -0.385. The van der Waals surface area contributed by atoms with Crippen LogP contribution in [0.2, 0.25) is 0 Å². The minimum Gasteiger partial charge on any atom is -0.493 e. The standard InChI is InChI=1S/C19H16N2O5S2/c1-20-18(22)17(28-19(20)27)10-12-7-8-15(16(9-12)25-2)26-11-13-5-3-4-6-14(13)21(23)24/h3-10H,11H2,1-2H3/b17-10+. The van der Waals surface area contributed by atoms with Gasteiger partial charge < -0.3 is 9.47 Å². The van der Waals surface area contributed by atoms with E-state index in [1.165, 1.54) is 29.8 Å². The van der Waals surface area contributed by atoms with E-state index in [0.717, 1.165) is 5.56 Å². The molecule has 3 rings (SSSR count). The van der Waals surface area contributed by atoms with Gasteiger partial charge in [-0.15, -0.1) is 0 Å². The van der Waals surface area contributed by atoms with Gasteiger partial charge in [-0.3, -0.25) is 19.8 Å². The average Bonchev–Trinajstić information content (AvgIpc) is 2.93. The maximum Gasteiger partial charge on any atom is 0.276 e. The van der Waals surface area contributed by atoms with Gasteiger partial charge in [-0.25, -0.2) is 0 Å². The highest BCUT2D eigenvalue weighted by Gasteiger charge is 2.28. The third-order valence-corrected chi connectivity index (χ3v) is 5.53. The third kappa shape index (κ3) is 4.15. The number of carbonyl (C=O) groups excluding carboxylic acids is 1. The van der Waals surface area contributed by atoms with Crippen LogP contribution < -0.4 is 9.47 Å². The Labute approximate surface area is 171 Å². The molecule has 2 aromatic rings. The van der Waals surface area contributed by atoms with E-state index in [4.69, 9.17) is 21.7 Å². The minimum absolute atomic E-state index is 0.000297. The van der Waals surface area contributed by atoms with Gasteiger partial charge in [0.25, 0.3) is 11.6 Å². The third-order valence-electron chi connectivity index (χ3n) is 4.04. The highest BCUT2D eigenvalue weighted by atomic mass is 32.2. The number of rotatable bonds is 6. The first-order valence-electron chi connectivity index (χ1n) is 8.15. The molecule has 144 valence electrons. The molecule has 0 aliphatic carbocycles. The number of amides is 1. The van der Waals surface area contributed by atoms with E-state index < -0.39 is 4.92 Å². The molecule has 0 unspecified atom stereocenters. The highest BCUT2D eigenvalue weighted by molar-refractivity contribution is 8.26. The number of nitrogens with zero attached hydrogens (tertiary/aromatic N) is 2. The number of carbonyl (C=O) groups is 1. The van der Waals surface area contributed by atoms with Crippen molar-refractivity contribution in [2.45, 2.75) is 6.61 Å². The van der Waals surface area contributed by atoms with Gasteiger partial charge in [-0.1, -0.05) is 42.2 Å². The van der Waals surface area contributed by atoms with Crippen LogP contribution in [0, 0.1) is 10.1 Å². The van der Waals surface area contributed by atoms with Crippen LogP contribution in [0.1, 0.15) is 11.1 Å². The zero-order valence-electron chi connectivity index (χ0n) is 15.1. The van der Waals surface area contributed by atoms with E-state index >= 15 is 0 Å². The van der Waals surface area contributed by atoms with Crippen molar-refractivity contribution >= 4 is 46.0 Å². The van der Waals surface area contributed by atoms with E-state index in [0.29, 0.717) is 26.3 Å². The van der Waals surface area contributed by atoms with Crippen LogP contribution >= 0.6 is 24.0 Å². The molecule has 0 radical (unpaired) electrons. The fraction of sp³-hybridized carbons (Fsp3) is 0.158. The normalized spacial score (nSPS) is 15.2. The van der Waals surface area contributed by atoms with Gasteiger partial charge in [0.2, 0.25) is 0 Å². The molecule has 1 aliphatic rings. The number of benzene rings is 2. The summed E-state index contributed by atoms with van der Waals surface area (Å²) < 4.78 is 11.6. The van der Waals surface area contributed by atoms with Crippen molar-refractivity contribution in [2.24, 2.45) is 0 Å². The fourth-order valence-corrected chi connectivity index (χ4v) is 3.74. The summed E-state index contributed by atoms with van der Waals surface area (Å²) in [6.45, 7) is 0.0291. The summed E-state index contributed by atoms with van der Waals surface area (Å²) in [5, 5.41) is 11.1. The highest BCUT2D eigenvalue weighted by Crippen LogP contribution is 2.34. The molecule has 28 heavy (non-hydrogen) atoms. The molecule has 9 heteroatoms. The van der Waals surface area contributed by atoms with Crippen molar-refractivity contribution in [3.8, 4) is 11.5 Å². The van der Waals surface area contributed by atoms with Crippen molar-refractivity contribution in [3.05, 3.63) is 68.6 Å². The Kier molecular flexibility index (Phi) is 5.96. The Morgan fingerprint density at radius 1 is 1.25 bits per heavy atom. The van der Waals surface area contributed by atoms with Gasteiger partial charge in [0.05, 0.1) is 22.5 Å². The lowest BCUT2D eigenvalue weighted by Crippen LogP contribution is -2.22. The Balaban J connectivity index is 1.80. The summed E-state index contributed by atoms with van der Waals surface area (Å²) in [6, 6.07) is 11.6. The first-order valence-corrected chi connectivity index (χ1v) is 9.38. The second-order valence-electron chi connectivity index (χ2n) is 5.83. The topological polar surface area (TPSA) is 81.9 Å². The monoisotopic (exact) mass is 416 g/mol. The first-order chi connectivity index (χ1) is 13.4. The number of nitro groups is 1. The minimum atomic E-state index is -0.442. The van der Waals surface area contributed by atoms with Crippen LogP contribution in [-0.2, 0) is 11.4 Å². The molecule has 1 heterocycles. The molecule has 1 fully saturated rings. The van der Waals surface area contributed by atoms with Gasteiger partial charge in [0, 0.05) is 13.1 Å². The number of nitro benzene ring substituents is 1. The van der Waals surface area contributed by atoms with E-state index in [9.17, 15) is 14.9 Å². The van der Waals surface area contributed by atoms with Crippen molar-refractivity contribution in [1.82, 2.24) is 4.90 Å². The maximum absolute atomic E-state index is 12.1. The van der Waals surface area contributed by atoms with Crippen LogP contribution in [0.4, 0.5) is 5.69 Å². The molecule has 1 amide bonds. The average molecular weight is 416 g/mol. The van der Waals surface area contributed by atoms with Crippen LogP contribution in [0.25, 0.3) is 6.08 Å². The molecule has 0 N–H and O–H groups in total. The molecule has 0 atom stereocenters.